The summed E-state index contributed by atoms with van der Waals surface area (Å²) < 4.78 is 1.21. The van der Waals surface area contributed by atoms with E-state index in [1.807, 2.05) is 0 Å². The van der Waals surface area contributed by atoms with E-state index in [4.69, 9.17) is 0 Å². The highest BCUT2D eigenvalue weighted by molar-refractivity contribution is 9.10. The Balaban J connectivity index is 2.34. The molecule has 2 rings (SSSR count). The molecule has 1 aliphatic carbocycles. The van der Waals surface area contributed by atoms with Gasteiger partial charge in [-0.05, 0) is 48.4 Å². The standard InChI is InChI=1S/C13H15Br/c1-2-10-7-8-12(14)9-13(10)11-5-3-4-6-11/h3-4,7-9,11H,2,5-6H2,1H3. The van der Waals surface area contributed by atoms with Crippen LogP contribution in [0.25, 0.3) is 0 Å². The lowest BCUT2D eigenvalue weighted by molar-refractivity contribution is 0.741. The van der Waals surface area contributed by atoms with Crippen LogP contribution in [0.3, 0.4) is 0 Å². The molecule has 0 saturated heterocycles. The van der Waals surface area contributed by atoms with Gasteiger partial charge in [-0.2, -0.15) is 0 Å². The average Bonchev–Trinajstić information content (AvgIpc) is 2.70. The summed E-state index contributed by atoms with van der Waals surface area (Å²) >= 11 is 3.55. The second-order valence-electron chi connectivity index (χ2n) is 3.84. The molecule has 1 heteroatoms. The first-order valence-electron chi connectivity index (χ1n) is 5.24. The molecule has 0 heterocycles. The van der Waals surface area contributed by atoms with Crippen molar-refractivity contribution in [2.24, 2.45) is 0 Å². The number of benzene rings is 1. The summed E-state index contributed by atoms with van der Waals surface area (Å²) in [7, 11) is 0. The molecule has 0 bridgehead atoms. The summed E-state index contributed by atoms with van der Waals surface area (Å²) in [6.45, 7) is 2.23. The van der Waals surface area contributed by atoms with Gasteiger partial charge in [-0.1, -0.05) is 41.1 Å². The molecule has 0 radical (unpaired) electrons. The number of rotatable bonds is 2. The van der Waals surface area contributed by atoms with E-state index in [1.54, 1.807) is 0 Å². The molecule has 0 unspecified atom stereocenters. The summed E-state index contributed by atoms with van der Waals surface area (Å²) in [5.41, 5.74) is 3.04. The molecule has 0 fully saturated rings. The molecule has 14 heavy (non-hydrogen) atoms. The van der Waals surface area contributed by atoms with E-state index < -0.39 is 0 Å². The lowest BCUT2D eigenvalue weighted by Crippen LogP contribution is -1.98. The van der Waals surface area contributed by atoms with Crippen LogP contribution in [0.1, 0.15) is 36.8 Å². The number of hydrogen-bond acceptors (Lipinski definition) is 0. The summed E-state index contributed by atoms with van der Waals surface area (Å²) in [6, 6.07) is 6.68. The maximum absolute atomic E-state index is 3.55. The maximum Gasteiger partial charge on any atom is 0.0178 e. The number of aryl methyl sites for hydroxylation is 1. The lowest BCUT2D eigenvalue weighted by Gasteiger charge is -2.14. The van der Waals surface area contributed by atoms with Gasteiger partial charge in [-0.25, -0.2) is 0 Å². The van der Waals surface area contributed by atoms with Crippen LogP contribution in [-0.4, -0.2) is 0 Å². The third-order valence-corrected chi connectivity index (χ3v) is 3.43. The summed E-state index contributed by atoms with van der Waals surface area (Å²) in [4.78, 5) is 0. The Morgan fingerprint density at radius 2 is 2.00 bits per heavy atom. The maximum atomic E-state index is 3.55. The quantitative estimate of drug-likeness (QED) is 0.681. The van der Waals surface area contributed by atoms with Crippen molar-refractivity contribution in [2.75, 3.05) is 0 Å². The second-order valence-corrected chi connectivity index (χ2v) is 4.75. The highest BCUT2D eigenvalue weighted by atomic mass is 79.9. The van der Waals surface area contributed by atoms with Gasteiger partial charge in [0.15, 0.2) is 0 Å². The first-order chi connectivity index (χ1) is 6.81. The van der Waals surface area contributed by atoms with Crippen LogP contribution in [0.4, 0.5) is 0 Å². The van der Waals surface area contributed by atoms with E-state index in [0.29, 0.717) is 0 Å². The predicted molar refractivity (Wildman–Crippen MR) is 64.6 cm³/mol. The molecule has 0 saturated carbocycles. The summed E-state index contributed by atoms with van der Waals surface area (Å²) in [5, 5.41) is 0. The van der Waals surface area contributed by atoms with Crippen molar-refractivity contribution in [3.63, 3.8) is 0 Å². The van der Waals surface area contributed by atoms with Crippen molar-refractivity contribution < 1.29 is 0 Å². The van der Waals surface area contributed by atoms with Crippen LogP contribution in [0.5, 0.6) is 0 Å². The number of allylic oxidation sites excluding steroid dienone is 2. The minimum atomic E-state index is 0.724. The fraction of sp³-hybridized carbons (Fsp3) is 0.385. The monoisotopic (exact) mass is 250 g/mol. The topological polar surface area (TPSA) is 0 Å². The van der Waals surface area contributed by atoms with Gasteiger partial charge in [0.2, 0.25) is 0 Å². The molecule has 0 spiro atoms. The van der Waals surface area contributed by atoms with E-state index in [1.165, 1.54) is 28.4 Å². The molecule has 0 nitrogen and oxygen atoms in total. The van der Waals surface area contributed by atoms with Crippen LogP contribution in [0, 0.1) is 0 Å². The zero-order valence-electron chi connectivity index (χ0n) is 8.46. The van der Waals surface area contributed by atoms with Crippen molar-refractivity contribution in [3.05, 3.63) is 46.0 Å². The Hall–Kier alpha value is -0.560. The van der Waals surface area contributed by atoms with Crippen molar-refractivity contribution >= 4 is 15.9 Å². The fourth-order valence-electron chi connectivity index (χ4n) is 2.14. The van der Waals surface area contributed by atoms with Crippen LogP contribution in [0.2, 0.25) is 0 Å². The molecule has 0 amide bonds. The van der Waals surface area contributed by atoms with Crippen LogP contribution < -0.4 is 0 Å². The number of halogens is 1. The Morgan fingerprint density at radius 1 is 1.29 bits per heavy atom. The summed E-state index contributed by atoms with van der Waals surface area (Å²) in [5.74, 6) is 0.724. The molecular formula is C13H15Br. The van der Waals surface area contributed by atoms with Gasteiger partial charge in [0.25, 0.3) is 0 Å². The van der Waals surface area contributed by atoms with Gasteiger partial charge in [-0.15, -0.1) is 0 Å². The highest BCUT2D eigenvalue weighted by Crippen LogP contribution is 2.33. The molecular weight excluding hydrogens is 236 g/mol. The summed E-state index contributed by atoms with van der Waals surface area (Å²) in [6.07, 6.45) is 8.15. The molecule has 1 aromatic rings. The van der Waals surface area contributed by atoms with Crippen LogP contribution in [-0.2, 0) is 6.42 Å². The Bertz CT molecular complexity index is 344. The van der Waals surface area contributed by atoms with Crippen LogP contribution in [0.15, 0.2) is 34.8 Å². The van der Waals surface area contributed by atoms with E-state index in [-0.39, 0.29) is 0 Å². The Morgan fingerprint density at radius 3 is 2.64 bits per heavy atom. The largest absolute Gasteiger partial charge is 0.0879 e. The van der Waals surface area contributed by atoms with Gasteiger partial charge < -0.3 is 0 Å². The SMILES string of the molecule is CCc1ccc(Br)cc1C1CC=CC1. The fourth-order valence-corrected chi connectivity index (χ4v) is 2.52. The highest BCUT2D eigenvalue weighted by Gasteiger charge is 2.15. The van der Waals surface area contributed by atoms with E-state index >= 15 is 0 Å². The Kier molecular flexibility index (Phi) is 3.07. The van der Waals surface area contributed by atoms with E-state index in [9.17, 15) is 0 Å². The third-order valence-electron chi connectivity index (χ3n) is 2.94. The van der Waals surface area contributed by atoms with Crippen molar-refractivity contribution in [1.29, 1.82) is 0 Å². The van der Waals surface area contributed by atoms with E-state index in [2.05, 4.69) is 53.2 Å². The third kappa shape index (κ3) is 1.93. The molecule has 1 aliphatic rings. The van der Waals surface area contributed by atoms with E-state index in [0.717, 1.165) is 12.3 Å². The molecule has 0 N–H and O–H groups in total. The Labute approximate surface area is 94.2 Å². The molecule has 0 aromatic heterocycles. The predicted octanol–water partition coefficient (Wildman–Crippen LogP) is 4.45. The van der Waals surface area contributed by atoms with Gasteiger partial charge in [-0.3, -0.25) is 0 Å². The zero-order chi connectivity index (χ0) is 9.97. The molecule has 74 valence electrons. The van der Waals surface area contributed by atoms with Gasteiger partial charge >= 0.3 is 0 Å². The normalized spacial score (nSPS) is 16.4. The average molecular weight is 251 g/mol. The minimum Gasteiger partial charge on any atom is -0.0879 e. The molecule has 0 aliphatic heterocycles. The van der Waals surface area contributed by atoms with Gasteiger partial charge in [0.1, 0.15) is 0 Å². The van der Waals surface area contributed by atoms with Crippen molar-refractivity contribution in [1.82, 2.24) is 0 Å². The minimum absolute atomic E-state index is 0.724. The lowest BCUT2D eigenvalue weighted by atomic mass is 9.91. The number of hydrogen-bond donors (Lipinski definition) is 0. The zero-order valence-corrected chi connectivity index (χ0v) is 10.0. The first kappa shape index (κ1) is 9.97. The molecule has 0 atom stereocenters. The van der Waals surface area contributed by atoms with Crippen molar-refractivity contribution in [2.45, 2.75) is 32.1 Å². The van der Waals surface area contributed by atoms with Gasteiger partial charge in [0.05, 0.1) is 0 Å². The first-order valence-corrected chi connectivity index (χ1v) is 6.04. The molecule has 1 aromatic carbocycles. The smallest absolute Gasteiger partial charge is 0.0178 e. The van der Waals surface area contributed by atoms with Crippen molar-refractivity contribution in [3.8, 4) is 0 Å². The second kappa shape index (κ2) is 4.31. The van der Waals surface area contributed by atoms with Gasteiger partial charge in [0, 0.05) is 4.47 Å². The van der Waals surface area contributed by atoms with Crippen LogP contribution >= 0.6 is 15.9 Å².